The summed E-state index contributed by atoms with van der Waals surface area (Å²) in [6.45, 7) is 1.38. The lowest BCUT2D eigenvalue weighted by molar-refractivity contribution is -0.131. The molecule has 2 aromatic carbocycles. The van der Waals surface area contributed by atoms with Crippen molar-refractivity contribution in [3.63, 3.8) is 0 Å². The summed E-state index contributed by atoms with van der Waals surface area (Å²) >= 11 is 1.60. The van der Waals surface area contributed by atoms with Crippen LogP contribution in [0.25, 0.3) is 22.4 Å². The minimum atomic E-state index is -0.345. The molecule has 4 rings (SSSR count). The van der Waals surface area contributed by atoms with Gasteiger partial charge in [0.15, 0.2) is 0 Å². The molecule has 0 fully saturated rings. The van der Waals surface area contributed by atoms with Gasteiger partial charge in [0.2, 0.25) is 0 Å². The number of rotatable bonds is 5. The van der Waals surface area contributed by atoms with E-state index >= 15 is 0 Å². The molecule has 28 heavy (non-hydrogen) atoms. The standard InChI is InChI=1S/C21H17N3O3S/c1-13(25)27-15-5-3-14(4-6-15)21-23-17-11-19(26-2)20(12-18(17)24-21)28-16-7-9-22-10-8-16/h3-12H,1-2H3,(H,23,24). The zero-order chi connectivity index (χ0) is 19.5. The minimum absolute atomic E-state index is 0.345. The first-order chi connectivity index (χ1) is 13.6. The van der Waals surface area contributed by atoms with Crippen LogP contribution in [0.3, 0.4) is 0 Å². The average molecular weight is 391 g/mol. The number of pyridine rings is 1. The molecule has 0 aliphatic heterocycles. The average Bonchev–Trinajstić information content (AvgIpc) is 3.11. The van der Waals surface area contributed by atoms with Crippen molar-refractivity contribution in [2.24, 2.45) is 0 Å². The number of hydrogen-bond acceptors (Lipinski definition) is 6. The van der Waals surface area contributed by atoms with E-state index in [0.29, 0.717) is 5.75 Å². The number of aromatic nitrogens is 3. The van der Waals surface area contributed by atoms with E-state index in [1.54, 1.807) is 43.4 Å². The van der Waals surface area contributed by atoms with Gasteiger partial charge in [-0.25, -0.2) is 4.98 Å². The van der Waals surface area contributed by atoms with Crippen LogP contribution in [-0.2, 0) is 4.79 Å². The molecule has 0 saturated heterocycles. The highest BCUT2D eigenvalue weighted by atomic mass is 32.2. The van der Waals surface area contributed by atoms with Gasteiger partial charge in [0.25, 0.3) is 0 Å². The largest absolute Gasteiger partial charge is 0.495 e. The van der Waals surface area contributed by atoms with Crippen molar-refractivity contribution in [3.05, 3.63) is 60.9 Å². The summed E-state index contributed by atoms with van der Waals surface area (Å²) in [5.41, 5.74) is 2.63. The monoisotopic (exact) mass is 391 g/mol. The minimum Gasteiger partial charge on any atom is -0.495 e. The topological polar surface area (TPSA) is 77.1 Å². The van der Waals surface area contributed by atoms with E-state index in [0.717, 1.165) is 38.0 Å². The van der Waals surface area contributed by atoms with Crippen LogP contribution in [-0.4, -0.2) is 28.0 Å². The first kappa shape index (κ1) is 18.1. The maximum Gasteiger partial charge on any atom is 0.308 e. The Morgan fingerprint density at radius 2 is 1.82 bits per heavy atom. The van der Waals surface area contributed by atoms with Crippen LogP contribution >= 0.6 is 11.8 Å². The van der Waals surface area contributed by atoms with Crippen LogP contribution in [0.5, 0.6) is 11.5 Å². The highest BCUT2D eigenvalue weighted by Gasteiger charge is 2.12. The van der Waals surface area contributed by atoms with Crippen LogP contribution in [0, 0.1) is 0 Å². The molecule has 0 radical (unpaired) electrons. The molecule has 2 heterocycles. The molecule has 1 N–H and O–H groups in total. The fraction of sp³-hybridized carbons (Fsp3) is 0.0952. The van der Waals surface area contributed by atoms with Crippen LogP contribution < -0.4 is 9.47 Å². The number of ether oxygens (including phenoxy) is 2. The van der Waals surface area contributed by atoms with Crippen LogP contribution in [0.1, 0.15) is 6.92 Å². The highest BCUT2D eigenvalue weighted by molar-refractivity contribution is 7.99. The third-order valence-corrected chi connectivity index (χ3v) is 5.08. The fourth-order valence-electron chi connectivity index (χ4n) is 2.77. The number of hydrogen-bond donors (Lipinski definition) is 1. The van der Waals surface area contributed by atoms with Crippen molar-refractivity contribution < 1.29 is 14.3 Å². The summed E-state index contributed by atoms with van der Waals surface area (Å²) in [4.78, 5) is 25.2. The molecule has 0 spiro atoms. The molecule has 0 aliphatic carbocycles. The van der Waals surface area contributed by atoms with Crippen LogP contribution in [0.4, 0.5) is 0 Å². The number of nitrogens with one attached hydrogen (secondary N) is 1. The van der Waals surface area contributed by atoms with E-state index in [4.69, 9.17) is 14.5 Å². The molecule has 0 bridgehead atoms. The predicted molar refractivity (Wildman–Crippen MR) is 108 cm³/mol. The summed E-state index contributed by atoms with van der Waals surface area (Å²) < 4.78 is 10.6. The van der Waals surface area contributed by atoms with Gasteiger partial charge in [-0.1, -0.05) is 11.8 Å². The molecule has 0 atom stereocenters. The first-order valence-corrected chi connectivity index (χ1v) is 9.38. The quantitative estimate of drug-likeness (QED) is 0.392. The number of benzene rings is 2. The van der Waals surface area contributed by atoms with Crippen molar-refractivity contribution in [2.75, 3.05) is 7.11 Å². The second-order valence-corrected chi connectivity index (χ2v) is 7.12. The Balaban J connectivity index is 1.67. The third-order valence-electron chi connectivity index (χ3n) is 4.03. The molecule has 6 nitrogen and oxygen atoms in total. The molecule has 0 unspecified atom stereocenters. The Labute approximate surface area is 165 Å². The Bertz CT molecular complexity index is 1130. The third kappa shape index (κ3) is 3.84. The highest BCUT2D eigenvalue weighted by Crippen LogP contribution is 2.37. The molecule has 0 amide bonds. The molecule has 4 aromatic rings. The van der Waals surface area contributed by atoms with Crippen molar-refractivity contribution in [1.29, 1.82) is 0 Å². The SMILES string of the molecule is COc1cc2[nH]c(-c3ccc(OC(C)=O)cc3)nc2cc1Sc1ccncc1. The van der Waals surface area contributed by atoms with Gasteiger partial charge in [-0.05, 0) is 42.5 Å². The fourth-order valence-corrected chi connectivity index (χ4v) is 3.70. The van der Waals surface area contributed by atoms with Crippen molar-refractivity contribution in [3.8, 4) is 22.9 Å². The van der Waals surface area contributed by atoms with Gasteiger partial charge in [-0.3, -0.25) is 9.78 Å². The van der Waals surface area contributed by atoms with Gasteiger partial charge < -0.3 is 14.5 Å². The summed E-state index contributed by atoms with van der Waals surface area (Å²) in [5, 5.41) is 0. The van der Waals surface area contributed by atoms with E-state index in [9.17, 15) is 4.79 Å². The lowest BCUT2D eigenvalue weighted by Gasteiger charge is -2.07. The van der Waals surface area contributed by atoms with Crippen molar-refractivity contribution in [2.45, 2.75) is 16.7 Å². The second-order valence-electron chi connectivity index (χ2n) is 6.01. The smallest absolute Gasteiger partial charge is 0.308 e. The van der Waals surface area contributed by atoms with E-state index in [2.05, 4.69) is 9.97 Å². The zero-order valence-electron chi connectivity index (χ0n) is 15.3. The number of aromatic amines is 1. The van der Waals surface area contributed by atoms with Gasteiger partial charge in [0, 0.05) is 35.8 Å². The molecule has 0 saturated carbocycles. The number of methoxy groups -OCH3 is 1. The number of esters is 1. The van der Waals surface area contributed by atoms with Gasteiger partial charge in [0.05, 0.1) is 23.0 Å². The number of H-pyrrole nitrogens is 1. The number of imidazole rings is 1. The van der Waals surface area contributed by atoms with E-state index in [-0.39, 0.29) is 5.97 Å². The first-order valence-electron chi connectivity index (χ1n) is 8.57. The van der Waals surface area contributed by atoms with Gasteiger partial charge in [0.1, 0.15) is 17.3 Å². The number of nitrogens with zero attached hydrogens (tertiary/aromatic N) is 2. The van der Waals surface area contributed by atoms with Gasteiger partial charge >= 0.3 is 5.97 Å². The van der Waals surface area contributed by atoms with E-state index in [1.165, 1.54) is 6.92 Å². The Morgan fingerprint density at radius 3 is 2.50 bits per heavy atom. The Hall–Kier alpha value is -3.32. The Kier molecular flexibility index (Phi) is 4.99. The predicted octanol–water partition coefficient (Wildman–Crippen LogP) is 4.71. The van der Waals surface area contributed by atoms with Crippen molar-refractivity contribution >= 4 is 28.8 Å². The lowest BCUT2D eigenvalue weighted by Crippen LogP contribution is -2.00. The van der Waals surface area contributed by atoms with Crippen molar-refractivity contribution in [1.82, 2.24) is 15.0 Å². The maximum atomic E-state index is 11.1. The summed E-state index contributed by atoms with van der Waals surface area (Å²) in [6, 6.07) is 15.1. The summed E-state index contributed by atoms with van der Waals surface area (Å²) in [5.74, 6) is 1.67. The second kappa shape index (κ2) is 7.74. The van der Waals surface area contributed by atoms with Gasteiger partial charge in [-0.15, -0.1) is 0 Å². The maximum absolute atomic E-state index is 11.1. The number of carbonyl (C=O) groups is 1. The molecule has 0 aliphatic rings. The molecule has 7 heteroatoms. The van der Waals surface area contributed by atoms with Crippen LogP contribution in [0.15, 0.2) is 70.7 Å². The van der Waals surface area contributed by atoms with E-state index < -0.39 is 0 Å². The molecular weight excluding hydrogens is 374 g/mol. The Morgan fingerprint density at radius 1 is 1.07 bits per heavy atom. The summed E-state index contributed by atoms with van der Waals surface area (Å²) in [7, 11) is 1.66. The van der Waals surface area contributed by atoms with Gasteiger partial charge in [-0.2, -0.15) is 0 Å². The summed E-state index contributed by atoms with van der Waals surface area (Å²) in [6.07, 6.45) is 3.53. The zero-order valence-corrected chi connectivity index (χ0v) is 16.1. The van der Waals surface area contributed by atoms with E-state index in [1.807, 2.05) is 36.4 Å². The molecule has 2 aromatic heterocycles. The molecule has 140 valence electrons. The normalized spacial score (nSPS) is 10.8. The number of fused-ring (bicyclic) bond motifs is 1. The number of carbonyl (C=O) groups excluding carboxylic acids is 1. The lowest BCUT2D eigenvalue weighted by atomic mass is 10.2. The molecular formula is C21H17N3O3S. The van der Waals surface area contributed by atoms with Crippen LogP contribution in [0.2, 0.25) is 0 Å².